The quantitative estimate of drug-likeness (QED) is 0.530. The van der Waals surface area contributed by atoms with Gasteiger partial charge in [-0.1, -0.05) is 38.2 Å². The van der Waals surface area contributed by atoms with Crippen LogP contribution in [0.5, 0.6) is 0 Å². The van der Waals surface area contributed by atoms with E-state index in [1.54, 1.807) is 20.0 Å². The van der Waals surface area contributed by atoms with E-state index in [9.17, 15) is 9.59 Å². The molecule has 1 heterocycles. The number of carbonyl (C=O) groups excluding carboxylic acids is 2. The average Bonchev–Trinajstić information content (AvgIpc) is 2.63. The molecule has 1 aliphatic rings. The summed E-state index contributed by atoms with van der Waals surface area (Å²) in [6, 6.07) is 5.53. The molecule has 25 heavy (non-hydrogen) atoms. The van der Waals surface area contributed by atoms with Crippen LogP contribution in [-0.4, -0.2) is 30.1 Å². The van der Waals surface area contributed by atoms with Gasteiger partial charge in [-0.05, 0) is 38.3 Å². The van der Waals surface area contributed by atoms with Crippen LogP contribution in [0.3, 0.4) is 0 Å². The monoisotopic (exact) mass is 347 g/mol. The number of aromatic nitrogens is 1. The first kappa shape index (κ1) is 19.4. The Balaban J connectivity index is 2.35. The van der Waals surface area contributed by atoms with Crippen LogP contribution < -0.4 is 0 Å². The molecule has 0 bridgehead atoms. The van der Waals surface area contributed by atoms with Crippen LogP contribution in [-0.2, 0) is 25.5 Å². The number of hydrogen-bond acceptors (Lipinski definition) is 5. The van der Waals surface area contributed by atoms with E-state index in [-0.39, 0.29) is 19.6 Å². The predicted molar refractivity (Wildman–Crippen MR) is 94.8 cm³/mol. The SMILES string of the molecule is CCOC(=O)C(Cc1ccccn1)(CC1CCCCC1)C(=O)OCC. The molecular formula is C20H29NO4. The highest BCUT2D eigenvalue weighted by atomic mass is 16.6. The Kier molecular flexibility index (Phi) is 7.41. The first-order chi connectivity index (χ1) is 12.1. The van der Waals surface area contributed by atoms with Gasteiger partial charge in [-0.15, -0.1) is 0 Å². The van der Waals surface area contributed by atoms with E-state index in [2.05, 4.69) is 4.98 Å². The van der Waals surface area contributed by atoms with Gasteiger partial charge in [0.25, 0.3) is 0 Å². The van der Waals surface area contributed by atoms with Gasteiger partial charge in [0.2, 0.25) is 0 Å². The van der Waals surface area contributed by atoms with E-state index < -0.39 is 17.4 Å². The molecule has 5 nitrogen and oxygen atoms in total. The summed E-state index contributed by atoms with van der Waals surface area (Å²) in [5, 5.41) is 0. The van der Waals surface area contributed by atoms with E-state index in [1.165, 1.54) is 6.42 Å². The molecule has 5 heteroatoms. The summed E-state index contributed by atoms with van der Waals surface area (Å²) in [6.45, 7) is 4.00. The van der Waals surface area contributed by atoms with E-state index in [1.807, 2.05) is 18.2 Å². The fraction of sp³-hybridized carbons (Fsp3) is 0.650. The Morgan fingerprint density at radius 1 is 1.08 bits per heavy atom. The topological polar surface area (TPSA) is 65.5 Å². The second kappa shape index (κ2) is 9.54. The number of ether oxygens (including phenoxy) is 2. The second-order valence-corrected chi connectivity index (χ2v) is 6.73. The minimum atomic E-state index is -1.30. The van der Waals surface area contributed by atoms with E-state index in [0.29, 0.717) is 18.0 Å². The van der Waals surface area contributed by atoms with Crippen molar-refractivity contribution in [2.24, 2.45) is 11.3 Å². The van der Waals surface area contributed by atoms with Crippen LogP contribution in [0.1, 0.15) is 58.1 Å². The molecule has 1 aromatic heterocycles. The van der Waals surface area contributed by atoms with E-state index in [0.717, 1.165) is 25.7 Å². The third kappa shape index (κ3) is 5.03. The maximum Gasteiger partial charge on any atom is 0.323 e. The van der Waals surface area contributed by atoms with Crippen LogP contribution in [0, 0.1) is 11.3 Å². The van der Waals surface area contributed by atoms with Crippen LogP contribution in [0.15, 0.2) is 24.4 Å². The first-order valence-electron chi connectivity index (χ1n) is 9.36. The van der Waals surface area contributed by atoms with Gasteiger partial charge >= 0.3 is 11.9 Å². The number of carbonyl (C=O) groups is 2. The summed E-state index contributed by atoms with van der Waals surface area (Å²) in [7, 11) is 0. The molecule has 0 atom stereocenters. The molecule has 1 fully saturated rings. The number of esters is 2. The molecule has 1 saturated carbocycles. The van der Waals surface area contributed by atoms with Gasteiger partial charge in [0.1, 0.15) is 0 Å². The smallest absolute Gasteiger partial charge is 0.323 e. The summed E-state index contributed by atoms with van der Waals surface area (Å²) < 4.78 is 10.6. The Morgan fingerprint density at radius 3 is 2.24 bits per heavy atom. The molecule has 0 saturated heterocycles. The Hall–Kier alpha value is -1.91. The lowest BCUT2D eigenvalue weighted by Crippen LogP contribution is -2.45. The summed E-state index contributed by atoms with van der Waals surface area (Å²) >= 11 is 0. The maximum atomic E-state index is 12.9. The van der Waals surface area contributed by atoms with Crippen molar-refractivity contribution in [1.82, 2.24) is 4.98 Å². The van der Waals surface area contributed by atoms with E-state index in [4.69, 9.17) is 9.47 Å². The van der Waals surface area contributed by atoms with Crippen LogP contribution in [0.4, 0.5) is 0 Å². The maximum absolute atomic E-state index is 12.9. The second-order valence-electron chi connectivity index (χ2n) is 6.73. The van der Waals surface area contributed by atoms with Gasteiger partial charge in [0.05, 0.1) is 13.2 Å². The number of pyridine rings is 1. The van der Waals surface area contributed by atoms with Gasteiger partial charge in [-0.2, -0.15) is 0 Å². The number of nitrogens with zero attached hydrogens (tertiary/aromatic N) is 1. The highest BCUT2D eigenvalue weighted by Gasteiger charge is 2.50. The zero-order valence-corrected chi connectivity index (χ0v) is 15.3. The molecule has 0 aromatic carbocycles. The summed E-state index contributed by atoms with van der Waals surface area (Å²) in [6.07, 6.45) is 7.99. The number of rotatable bonds is 8. The van der Waals surface area contributed by atoms with Gasteiger partial charge < -0.3 is 9.47 Å². The molecule has 1 aliphatic carbocycles. The first-order valence-corrected chi connectivity index (χ1v) is 9.36. The zero-order valence-electron chi connectivity index (χ0n) is 15.3. The average molecular weight is 347 g/mol. The third-order valence-electron chi connectivity index (χ3n) is 4.90. The van der Waals surface area contributed by atoms with Crippen molar-refractivity contribution in [3.05, 3.63) is 30.1 Å². The highest BCUT2D eigenvalue weighted by Crippen LogP contribution is 2.39. The molecule has 0 radical (unpaired) electrons. The highest BCUT2D eigenvalue weighted by molar-refractivity contribution is 6.00. The lowest BCUT2D eigenvalue weighted by Gasteiger charge is -2.33. The fourth-order valence-electron chi connectivity index (χ4n) is 3.70. The van der Waals surface area contributed by atoms with Crippen molar-refractivity contribution < 1.29 is 19.1 Å². The minimum absolute atomic E-state index is 0.224. The Labute approximate surface area is 150 Å². The summed E-state index contributed by atoms with van der Waals surface area (Å²) in [5.41, 5.74) is -0.595. The molecule has 0 unspecified atom stereocenters. The largest absolute Gasteiger partial charge is 0.465 e. The van der Waals surface area contributed by atoms with Crippen LogP contribution in [0.25, 0.3) is 0 Å². The van der Waals surface area contributed by atoms with Crippen molar-refractivity contribution in [2.75, 3.05) is 13.2 Å². The van der Waals surface area contributed by atoms with Crippen molar-refractivity contribution >= 4 is 11.9 Å². The molecule has 0 amide bonds. The minimum Gasteiger partial charge on any atom is -0.465 e. The van der Waals surface area contributed by atoms with E-state index >= 15 is 0 Å². The molecule has 0 N–H and O–H groups in total. The molecule has 0 aliphatic heterocycles. The van der Waals surface area contributed by atoms with Gasteiger partial charge in [-0.3, -0.25) is 14.6 Å². The molecule has 2 rings (SSSR count). The van der Waals surface area contributed by atoms with Crippen molar-refractivity contribution in [2.45, 2.75) is 58.8 Å². The molecular weight excluding hydrogens is 318 g/mol. The predicted octanol–water partition coefficient (Wildman–Crippen LogP) is 3.71. The molecule has 138 valence electrons. The third-order valence-corrected chi connectivity index (χ3v) is 4.90. The fourth-order valence-corrected chi connectivity index (χ4v) is 3.70. The lowest BCUT2D eigenvalue weighted by atomic mass is 9.71. The normalized spacial score (nSPS) is 15.6. The molecule has 0 spiro atoms. The molecule has 1 aromatic rings. The van der Waals surface area contributed by atoms with Crippen LogP contribution >= 0.6 is 0 Å². The van der Waals surface area contributed by atoms with Crippen molar-refractivity contribution in [3.8, 4) is 0 Å². The number of hydrogen-bond donors (Lipinski definition) is 0. The zero-order chi connectivity index (χ0) is 18.1. The van der Waals surface area contributed by atoms with Crippen molar-refractivity contribution in [3.63, 3.8) is 0 Å². The van der Waals surface area contributed by atoms with Gasteiger partial charge in [0.15, 0.2) is 5.41 Å². The standard InChI is InChI=1S/C20H29NO4/c1-3-24-18(22)20(19(23)25-4-2,14-16-10-6-5-7-11-16)15-17-12-8-9-13-21-17/h8-9,12-13,16H,3-7,10-11,14-15H2,1-2H3. The summed E-state index contributed by atoms with van der Waals surface area (Å²) in [4.78, 5) is 30.1. The van der Waals surface area contributed by atoms with Crippen molar-refractivity contribution in [1.29, 1.82) is 0 Å². The van der Waals surface area contributed by atoms with Gasteiger partial charge in [0, 0.05) is 18.3 Å². The Bertz CT molecular complexity index is 534. The van der Waals surface area contributed by atoms with Crippen LogP contribution in [0.2, 0.25) is 0 Å². The summed E-state index contributed by atoms with van der Waals surface area (Å²) in [5.74, 6) is -0.624. The lowest BCUT2D eigenvalue weighted by molar-refractivity contribution is -0.174. The Morgan fingerprint density at radius 2 is 1.72 bits per heavy atom. The van der Waals surface area contributed by atoms with Gasteiger partial charge in [-0.25, -0.2) is 0 Å².